The van der Waals surface area contributed by atoms with Crippen molar-refractivity contribution >= 4 is 22.7 Å². The lowest BCUT2D eigenvalue weighted by atomic mass is 10.2. The number of para-hydroxylation sites is 1. The maximum Gasteiger partial charge on any atom is 0.258 e. The van der Waals surface area contributed by atoms with Crippen LogP contribution in [-0.2, 0) is 6.54 Å². The highest BCUT2D eigenvalue weighted by molar-refractivity contribution is 7.99. The van der Waals surface area contributed by atoms with Gasteiger partial charge in [0.2, 0.25) is 0 Å². The lowest BCUT2D eigenvalue weighted by Gasteiger charge is -2.11. The van der Waals surface area contributed by atoms with Crippen molar-refractivity contribution in [1.82, 2.24) is 24.7 Å². The summed E-state index contributed by atoms with van der Waals surface area (Å²) < 4.78 is 1.98. The monoisotopic (exact) mass is 327 g/mol. The minimum atomic E-state index is -0.123. The summed E-state index contributed by atoms with van der Waals surface area (Å²) in [6, 6.07) is 7.32. The van der Waals surface area contributed by atoms with Gasteiger partial charge in [-0.2, -0.15) is 0 Å². The smallest absolute Gasteiger partial charge is 0.258 e. The molecule has 118 valence electrons. The van der Waals surface area contributed by atoms with E-state index in [-0.39, 0.29) is 10.8 Å². The Labute approximate surface area is 137 Å². The fraction of sp³-hybridized carbons (Fsp3) is 0.250. The minimum absolute atomic E-state index is 0.0560. The molecule has 0 unspecified atom stereocenters. The summed E-state index contributed by atoms with van der Waals surface area (Å²) in [5, 5.41) is 9.62. The van der Waals surface area contributed by atoms with Gasteiger partial charge in [-0.3, -0.25) is 4.79 Å². The molecule has 0 aliphatic heterocycles. The highest BCUT2D eigenvalue weighted by atomic mass is 32.2. The first-order chi connectivity index (χ1) is 11.1. The van der Waals surface area contributed by atoms with E-state index in [2.05, 4.69) is 26.7 Å². The van der Waals surface area contributed by atoms with Crippen molar-refractivity contribution in [3.8, 4) is 0 Å². The number of rotatable bonds is 5. The van der Waals surface area contributed by atoms with Gasteiger partial charge in [-0.15, -0.1) is 16.8 Å². The Morgan fingerprint density at radius 2 is 2.17 bits per heavy atom. The predicted octanol–water partition coefficient (Wildman–Crippen LogP) is 2.86. The van der Waals surface area contributed by atoms with Crippen molar-refractivity contribution in [3.05, 3.63) is 58.9 Å². The number of fused-ring (bicyclic) bond motifs is 1. The first-order valence-electron chi connectivity index (χ1n) is 7.26. The molecule has 0 spiro atoms. The molecule has 3 rings (SSSR count). The van der Waals surface area contributed by atoms with Gasteiger partial charge in [-0.25, -0.2) is 4.98 Å². The largest absolute Gasteiger partial charge is 0.309 e. The number of nitrogens with zero attached hydrogens (tertiary/aromatic N) is 4. The number of nitrogens with one attached hydrogen (secondary N) is 1. The summed E-state index contributed by atoms with van der Waals surface area (Å²) in [6.45, 7) is 8.29. The van der Waals surface area contributed by atoms with Gasteiger partial charge in [0.25, 0.3) is 5.56 Å². The minimum Gasteiger partial charge on any atom is -0.309 e. The molecule has 0 aliphatic carbocycles. The Hall–Kier alpha value is -2.41. The zero-order chi connectivity index (χ0) is 16.4. The average Bonchev–Trinajstić information content (AvgIpc) is 2.88. The van der Waals surface area contributed by atoms with Crippen molar-refractivity contribution in [2.24, 2.45) is 0 Å². The molecule has 0 saturated heterocycles. The zero-order valence-corrected chi connectivity index (χ0v) is 13.8. The first-order valence-corrected chi connectivity index (χ1v) is 8.14. The predicted molar refractivity (Wildman–Crippen MR) is 91.6 cm³/mol. The standard InChI is InChI=1S/C16H17N5OS/c1-4-9-21-11(3)19-20-16(21)23-10(2)14-17-13-8-6-5-7-12(13)15(22)18-14/h4-8,10H,1,9H2,2-3H3,(H,17,18,22)/t10-/m0/s1. The number of allylic oxidation sites excluding steroid dienone is 1. The summed E-state index contributed by atoms with van der Waals surface area (Å²) in [4.78, 5) is 19.6. The number of aryl methyl sites for hydroxylation is 1. The molecule has 2 heterocycles. The lowest BCUT2D eigenvalue weighted by molar-refractivity contribution is 0.701. The molecule has 0 fully saturated rings. The van der Waals surface area contributed by atoms with Crippen molar-refractivity contribution in [1.29, 1.82) is 0 Å². The van der Waals surface area contributed by atoms with Gasteiger partial charge in [0.15, 0.2) is 5.16 Å². The lowest BCUT2D eigenvalue weighted by Crippen LogP contribution is -2.13. The van der Waals surface area contributed by atoms with Gasteiger partial charge in [0.05, 0.1) is 16.2 Å². The number of hydrogen-bond acceptors (Lipinski definition) is 5. The molecule has 0 saturated carbocycles. The molecule has 2 aromatic heterocycles. The molecule has 6 nitrogen and oxygen atoms in total. The molecular formula is C16H17N5OS. The Morgan fingerprint density at radius 1 is 1.39 bits per heavy atom. The number of benzene rings is 1. The van der Waals surface area contributed by atoms with Crippen molar-refractivity contribution in [2.45, 2.75) is 30.8 Å². The van der Waals surface area contributed by atoms with Gasteiger partial charge < -0.3 is 9.55 Å². The summed E-state index contributed by atoms with van der Waals surface area (Å²) in [6.07, 6.45) is 1.81. The van der Waals surface area contributed by atoms with E-state index in [1.165, 1.54) is 11.8 Å². The third-order valence-corrected chi connectivity index (χ3v) is 4.60. The average molecular weight is 327 g/mol. The van der Waals surface area contributed by atoms with Crippen LogP contribution in [0, 0.1) is 6.92 Å². The Bertz CT molecular complexity index is 914. The van der Waals surface area contributed by atoms with Gasteiger partial charge in [0, 0.05) is 6.54 Å². The van der Waals surface area contributed by atoms with Crippen LogP contribution in [0.2, 0.25) is 0 Å². The quantitative estimate of drug-likeness (QED) is 0.576. The van der Waals surface area contributed by atoms with Crippen LogP contribution in [-0.4, -0.2) is 24.7 Å². The third-order valence-electron chi connectivity index (χ3n) is 3.51. The maximum absolute atomic E-state index is 12.2. The number of aromatic nitrogens is 5. The molecule has 7 heteroatoms. The van der Waals surface area contributed by atoms with Crippen LogP contribution in [0.4, 0.5) is 0 Å². The van der Waals surface area contributed by atoms with Crippen LogP contribution in [0.1, 0.15) is 23.8 Å². The van der Waals surface area contributed by atoms with Crippen molar-refractivity contribution in [2.75, 3.05) is 0 Å². The number of hydrogen-bond donors (Lipinski definition) is 1. The second-order valence-electron chi connectivity index (χ2n) is 5.16. The van der Waals surface area contributed by atoms with E-state index in [4.69, 9.17) is 0 Å². The molecular weight excluding hydrogens is 310 g/mol. The highest BCUT2D eigenvalue weighted by Crippen LogP contribution is 2.32. The van der Waals surface area contributed by atoms with E-state index in [9.17, 15) is 4.79 Å². The Balaban J connectivity index is 1.93. The SMILES string of the molecule is C=CCn1c(C)nnc1S[C@@H](C)c1nc2ccccc2c(=O)[nH]1. The second kappa shape index (κ2) is 6.37. The van der Waals surface area contributed by atoms with Crippen molar-refractivity contribution < 1.29 is 0 Å². The first kappa shape index (κ1) is 15.5. The van der Waals surface area contributed by atoms with Crippen molar-refractivity contribution in [3.63, 3.8) is 0 Å². The van der Waals surface area contributed by atoms with Crippen LogP contribution >= 0.6 is 11.8 Å². The number of aromatic amines is 1. The zero-order valence-electron chi connectivity index (χ0n) is 13.0. The molecule has 0 radical (unpaired) electrons. The Kier molecular flexibility index (Phi) is 4.29. The molecule has 0 bridgehead atoms. The second-order valence-corrected chi connectivity index (χ2v) is 6.47. The van der Waals surface area contributed by atoms with E-state index in [0.29, 0.717) is 23.3 Å². The van der Waals surface area contributed by atoms with E-state index < -0.39 is 0 Å². The Morgan fingerprint density at radius 3 is 2.96 bits per heavy atom. The summed E-state index contributed by atoms with van der Waals surface area (Å²) in [5.41, 5.74) is 0.573. The highest BCUT2D eigenvalue weighted by Gasteiger charge is 2.17. The van der Waals surface area contributed by atoms with E-state index in [1.807, 2.05) is 36.6 Å². The molecule has 3 aromatic rings. The van der Waals surface area contributed by atoms with E-state index >= 15 is 0 Å². The molecule has 0 aliphatic rings. The van der Waals surface area contributed by atoms with Crippen LogP contribution in [0.15, 0.2) is 46.9 Å². The summed E-state index contributed by atoms with van der Waals surface area (Å²) >= 11 is 1.51. The van der Waals surface area contributed by atoms with Crippen LogP contribution < -0.4 is 5.56 Å². The van der Waals surface area contributed by atoms with Gasteiger partial charge in [-0.05, 0) is 26.0 Å². The number of H-pyrrole nitrogens is 1. The fourth-order valence-electron chi connectivity index (χ4n) is 2.30. The molecule has 0 amide bonds. The summed E-state index contributed by atoms with van der Waals surface area (Å²) in [7, 11) is 0. The van der Waals surface area contributed by atoms with Gasteiger partial charge in [0.1, 0.15) is 11.6 Å². The molecule has 1 N–H and O–H groups in total. The maximum atomic E-state index is 12.2. The molecule has 1 atom stereocenters. The molecule has 23 heavy (non-hydrogen) atoms. The summed E-state index contributed by atoms with van der Waals surface area (Å²) in [5.74, 6) is 1.46. The van der Waals surface area contributed by atoms with Crippen LogP contribution in [0.5, 0.6) is 0 Å². The fourth-order valence-corrected chi connectivity index (χ4v) is 3.26. The van der Waals surface area contributed by atoms with Gasteiger partial charge in [-0.1, -0.05) is 30.0 Å². The van der Waals surface area contributed by atoms with Crippen LogP contribution in [0.25, 0.3) is 10.9 Å². The molecule has 1 aromatic carbocycles. The van der Waals surface area contributed by atoms with E-state index in [1.54, 1.807) is 12.1 Å². The third kappa shape index (κ3) is 3.05. The topological polar surface area (TPSA) is 76.5 Å². The van der Waals surface area contributed by atoms with Crippen LogP contribution in [0.3, 0.4) is 0 Å². The number of thioether (sulfide) groups is 1. The van der Waals surface area contributed by atoms with Gasteiger partial charge >= 0.3 is 0 Å². The van der Waals surface area contributed by atoms with E-state index in [0.717, 1.165) is 11.0 Å². The normalized spacial score (nSPS) is 12.4.